The third-order valence-electron chi connectivity index (χ3n) is 5.98. The van der Waals surface area contributed by atoms with Crippen molar-refractivity contribution in [3.63, 3.8) is 0 Å². The summed E-state index contributed by atoms with van der Waals surface area (Å²) in [4.78, 5) is 16.4. The third kappa shape index (κ3) is 4.37. The lowest BCUT2D eigenvalue weighted by Gasteiger charge is -2.26. The van der Waals surface area contributed by atoms with Gasteiger partial charge in [-0.3, -0.25) is 9.52 Å². The van der Waals surface area contributed by atoms with E-state index in [4.69, 9.17) is 11.6 Å². The normalized spacial score (nSPS) is 18.1. The molecule has 3 aromatic rings. The van der Waals surface area contributed by atoms with E-state index in [1.165, 1.54) is 35.2 Å². The number of nitrogens with one attached hydrogen (secondary N) is 1. The SMILES string of the molecule is O=C1[C@@H](N2CCc3c2ccc(F)c3Cl)CCN1c1ccc(S(=O)(=O)Nc2nnc(C(F)(F)F)s2)cc1.[HH].[HH]. The minimum absolute atomic E-state index is 0. The topological polar surface area (TPSA) is 95.5 Å². The van der Waals surface area contributed by atoms with Crippen molar-refractivity contribution in [3.8, 4) is 0 Å². The van der Waals surface area contributed by atoms with Gasteiger partial charge in [0.1, 0.15) is 11.9 Å². The Balaban J connectivity index is 0.00000200. The molecule has 8 nitrogen and oxygen atoms in total. The molecule has 1 saturated heterocycles. The molecule has 0 bridgehead atoms. The molecule has 5 rings (SSSR count). The molecule has 0 saturated carbocycles. The quantitative estimate of drug-likeness (QED) is 0.446. The van der Waals surface area contributed by atoms with Crippen LogP contribution in [0.4, 0.5) is 34.1 Å². The van der Waals surface area contributed by atoms with Crippen LogP contribution >= 0.6 is 22.9 Å². The van der Waals surface area contributed by atoms with Crippen LogP contribution in [-0.4, -0.2) is 43.7 Å². The molecule has 1 atom stereocenters. The minimum Gasteiger partial charge on any atom is -0.359 e. The van der Waals surface area contributed by atoms with Gasteiger partial charge in [0.25, 0.3) is 10.0 Å². The summed E-state index contributed by atoms with van der Waals surface area (Å²) < 4.78 is 79.0. The maximum absolute atomic E-state index is 13.8. The maximum Gasteiger partial charge on any atom is 0.445 e. The fourth-order valence-electron chi connectivity index (χ4n) is 4.33. The van der Waals surface area contributed by atoms with Crippen molar-refractivity contribution in [2.45, 2.75) is 30.0 Å². The molecule has 1 amide bonds. The van der Waals surface area contributed by atoms with E-state index in [0.29, 0.717) is 37.2 Å². The van der Waals surface area contributed by atoms with Gasteiger partial charge in [0.15, 0.2) is 0 Å². The summed E-state index contributed by atoms with van der Waals surface area (Å²) in [6.07, 6.45) is -3.70. The van der Waals surface area contributed by atoms with Gasteiger partial charge in [-0.1, -0.05) is 22.9 Å². The molecule has 15 heteroatoms. The summed E-state index contributed by atoms with van der Waals surface area (Å²) >= 11 is 6.16. The summed E-state index contributed by atoms with van der Waals surface area (Å²) in [5.41, 5.74) is 1.86. The molecule has 0 radical (unpaired) electrons. The van der Waals surface area contributed by atoms with Crippen LogP contribution in [0.25, 0.3) is 0 Å². The van der Waals surface area contributed by atoms with Gasteiger partial charge < -0.3 is 9.80 Å². The number of carbonyl (C=O) groups excluding carboxylic acids is 1. The Morgan fingerprint density at radius 1 is 1.11 bits per heavy atom. The number of halogens is 5. The number of alkyl halides is 3. The molecule has 1 fully saturated rings. The van der Waals surface area contributed by atoms with E-state index in [-0.39, 0.29) is 30.0 Å². The largest absolute Gasteiger partial charge is 0.445 e. The first-order valence-electron chi connectivity index (χ1n) is 10.5. The average molecular weight is 566 g/mol. The van der Waals surface area contributed by atoms with Crippen LogP contribution in [0.15, 0.2) is 41.3 Å². The summed E-state index contributed by atoms with van der Waals surface area (Å²) in [5.74, 6) is -0.696. The van der Waals surface area contributed by atoms with E-state index in [0.717, 1.165) is 5.69 Å². The number of fused-ring (bicyclic) bond motifs is 1. The lowest BCUT2D eigenvalue weighted by molar-refractivity contribution is -0.138. The van der Waals surface area contributed by atoms with Gasteiger partial charge in [0.05, 0.1) is 9.92 Å². The van der Waals surface area contributed by atoms with E-state index >= 15 is 0 Å². The highest BCUT2D eigenvalue weighted by Crippen LogP contribution is 2.39. The first-order valence-corrected chi connectivity index (χ1v) is 13.2. The van der Waals surface area contributed by atoms with Gasteiger partial charge >= 0.3 is 6.18 Å². The van der Waals surface area contributed by atoms with Crippen molar-refractivity contribution in [2.75, 3.05) is 27.6 Å². The number of amides is 1. The van der Waals surface area contributed by atoms with E-state index in [1.807, 2.05) is 9.62 Å². The number of benzene rings is 2. The second-order valence-corrected chi connectivity index (χ2v) is 11.1. The highest BCUT2D eigenvalue weighted by molar-refractivity contribution is 7.93. The molecule has 36 heavy (non-hydrogen) atoms. The Morgan fingerprint density at radius 2 is 1.83 bits per heavy atom. The number of carbonyl (C=O) groups is 1. The van der Waals surface area contributed by atoms with Crippen LogP contribution in [0.5, 0.6) is 0 Å². The van der Waals surface area contributed by atoms with Crippen LogP contribution in [0.2, 0.25) is 5.02 Å². The van der Waals surface area contributed by atoms with Crippen molar-refractivity contribution < 1.29 is 33.6 Å². The van der Waals surface area contributed by atoms with E-state index in [9.17, 15) is 30.8 Å². The van der Waals surface area contributed by atoms with Crippen LogP contribution in [-0.2, 0) is 27.4 Å². The number of aromatic nitrogens is 2. The lowest BCUT2D eigenvalue weighted by atomic mass is 10.1. The molecule has 0 aliphatic carbocycles. The monoisotopic (exact) mass is 565 g/mol. The predicted octanol–water partition coefficient (Wildman–Crippen LogP) is 4.81. The van der Waals surface area contributed by atoms with Gasteiger partial charge in [-0.05, 0) is 54.8 Å². The molecular formula is C21H20ClF4N5O3S2. The van der Waals surface area contributed by atoms with Crippen molar-refractivity contribution in [3.05, 3.63) is 57.8 Å². The third-order valence-corrected chi connectivity index (χ3v) is 8.76. The number of anilines is 3. The second-order valence-electron chi connectivity index (χ2n) is 8.11. The molecule has 1 N–H and O–H groups in total. The lowest BCUT2D eigenvalue weighted by Crippen LogP contribution is -2.41. The van der Waals surface area contributed by atoms with Gasteiger partial charge in [0.2, 0.25) is 16.0 Å². The predicted molar refractivity (Wildman–Crippen MR) is 130 cm³/mol. The number of rotatable bonds is 5. The number of sulfonamides is 1. The molecule has 0 unspecified atom stereocenters. The van der Waals surface area contributed by atoms with Gasteiger partial charge in [-0.15, -0.1) is 10.2 Å². The van der Waals surface area contributed by atoms with Crippen LogP contribution in [0, 0.1) is 5.82 Å². The molecule has 2 aromatic carbocycles. The molecule has 0 spiro atoms. The zero-order chi connectivity index (χ0) is 25.8. The second kappa shape index (κ2) is 8.85. The number of hydrogen-bond acceptors (Lipinski definition) is 7. The molecule has 194 valence electrons. The molecule has 2 aliphatic heterocycles. The highest BCUT2D eigenvalue weighted by atomic mass is 35.5. The fourth-order valence-corrected chi connectivity index (χ4v) is 6.43. The minimum atomic E-state index is -4.73. The zero-order valence-corrected chi connectivity index (χ0v) is 20.5. The first-order chi connectivity index (χ1) is 17.0. The summed E-state index contributed by atoms with van der Waals surface area (Å²) in [7, 11) is -4.23. The van der Waals surface area contributed by atoms with E-state index in [2.05, 4.69) is 10.2 Å². The van der Waals surface area contributed by atoms with Gasteiger partial charge in [-0.25, -0.2) is 12.8 Å². The van der Waals surface area contributed by atoms with Crippen molar-refractivity contribution in [2.24, 2.45) is 0 Å². The smallest absolute Gasteiger partial charge is 0.359 e. The van der Waals surface area contributed by atoms with Crippen LogP contribution in [0.1, 0.15) is 19.8 Å². The summed E-state index contributed by atoms with van der Waals surface area (Å²) in [6.45, 7) is 0.910. The average Bonchev–Trinajstić information content (AvgIpc) is 3.54. The van der Waals surface area contributed by atoms with E-state index < -0.39 is 38.2 Å². The zero-order valence-electron chi connectivity index (χ0n) is 18.1. The van der Waals surface area contributed by atoms with Crippen molar-refractivity contribution >= 4 is 55.4 Å². The molecular weight excluding hydrogens is 546 g/mol. The van der Waals surface area contributed by atoms with Gasteiger partial charge in [-0.2, -0.15) is 13.2 Å². The van der Waals surface area contributed by atoms with Crippen molar-refractivity contribution in [1.82, 2.24) is 10.2 Å². The molecule has 3 heterocycles. The Labute approximate surface area is 214 Å². The maximum atomic E-state index is 13.8. The Morgan fingerprint density at radius 3 is 2.50 bits per heavy atom. The summed E-state index contributed by atoms with van der Waals surface area (Å²) in [5, 5.41) is 4.44. The van der Waals surface area contributed by atoms with Crippen LogP contribution < -0.4 is 14.5 Å². The fraction of sp³-hybridized carbons (Fsp3) is 0.286. The Bertz CT molecular complexity index is 1460. The van der Waals surface area contributed by atoms with Crippen LogP contribution in [0.3, 0.4) is 0 Å². The summed E-state index contributed by atoms with van der Waals surface area (Å²) in [6, 6.07) is 7.80. The highest BCUT2D eigenvalue weighted by Gasteiger charge is 2.40. The molecule has 1 aromatic heterocycles. The first kappa shape index (κ1) is 24.7. The van der Waals surface area contributed by atoms with Crippen molar-refractivity contribution in [1.29, 1.82) is 0 Å². The Kier molecular flexibility index (Phi) is 6.08. The number of nitrogens with zero attached hydrogens (tertiary/aromatic N) is 4. The number of hydrogen-bond donors (Lipinski definition) is 1. The van der Waals surface area contributed by atoms with E-state index in [1.54, 1.807) is 6.07 Å². The Hall–Kier alpha value is -2.97. The molecule has 2 aliphatic rings. The standard InChI is InChI=1S/C21H16ClF4N5O3S2.2H2/c22-17-13-7-9-31(15(13)6-5-14(17)23)16-8-10-30(18(16)32)11-1-3-12(4-2-11)36(33,34)29-20-28-27-19(35-20)21(24,25)26;;/h1-6,16H,7-10H2,(H,28,29);2*1H/t16-;;/m0../s1. The van der Waals surface area contributed by atoms with Gasteiger partial charge in [0, 0.05) is 27.3 Å².